The van der Waals surface area contributed by atoms with Gasteiger partial charge >= 0.3 is 0 Å². The number of rotatable bonds is 6. The van der Waals surface area contributed by atoms with Crippen LogP contribution in [-0.4, -0.2) is 45.8 Å². The molecule has 0 spiro atoms. The second-order valence-electron chi connectivity index (χ2n) is 8.23. The zero-order chi connectivity index (χ0) is 21.0. The molecule has 158 valence electrons. The van der Waals surface area contributed by atoms with Gasteiger partial charge in [-0.05, 0) is 6.42 Å². The first-order valence-electron chi connectivity index (χ1n) is 11.2. The number of nitrogens with zero attached hydrogens (tertiary/aromatic N) is 5. The zero-order valence-corrected chi connectivity index (χ0v) is 18.0. The van der Waals surface area contributed by atoms with Crippen LogP contribution in [-0.2, 0) is 6.42 Å². The fourth-order valence-electron chi connectivity index (χ4n) is 4.72. The van der Waals surface area contributed by atoms with Crippen molar-refractivity contribution in [2.24, 2.45) is 0 Å². The average Bonchev–Trinajstić information content (AvgIpc) is 3.30. The molecule has 0 radical (unpaired) electrons. The molecule has 5 rings (SSSR count). The third kappa shape index (κ3) is 4.03. The lowest BCUT2D eigenvalue weighted by molar-refractivity contribution is -0.926. The van der Waals surface area contributed by atoms with E-state index < -0.39 is 0 Å². The predicted octanol–water partition coefficient (Wildman–Crippen LogP) is 2.57. The van der Waals surface area contributed by atoms with Crippen molar-refractivity contribution in [3.05, 3.63) is 89.9 Å². The van der Waals surface area contributed by atoms with Crippen LogP contribution in [0.3, 0.4) is 0 Å². The van der Waals surface area contributed by atoms with Crippen LogP contribution in [0.4, 0.5) is 5.82 Å². The Hall–Kier alpha value is -3.25. The van der Waals surface area contributed by atoms with E-state index in [9.17, 15) is 0 Å². The monoisotopic (exact) mass is 413 g/mol. The number of hydrogen-bond donors (Lipinski definition) is 1. The van der Waals surface area contributed by atoms with E-state index >= 15 is 0 Å². The van der Waals surface area contributed by atoms with E-state index in [2.05, 4.69) is 93.6 Å². The highest BCUT2D eigenvalue weighted by molar-refractivity contribution is 5.47. The van der Waals surface area contributed by atoms with Crippen LogP contribution < -0.4 is 9.80 Å². The van der Waals surface area contributed by atoms with Gasteiger partial charge in [0.25, 0.3) is 5.78 Å². The van der Waals surface area contributed by atoms with Crippen LogP contribution in [0.15, 0.2) is 73.1 Å². The molecule has 0 atom stereocenters. The number of anilines is 1. The molecule has 2 aromatic carbocycles. The maximum atomic E-state index is 4.66. The van der Waals surface area contributed by atoms with Gasteiger partial charge in [0.15, 0.2) is 0 Å². The Morgan fingerprint density at radius 2 is 1.58 bits per heavy atom. The molecule has 0 unspecified atom stereocenters. The van der Waals surface area contributed by atoms with Crippen LogP contribution in [0.25, 0.3) is 5.78 Å². The second kappa shape index (κ2) is 8.86. The highest BCUT2D eigenvalue weighted by Gasteiger charge is 2.31. The van der Waals surface area contributed by atoms with Gasteiger partial charge < -0.3 is 9.80 Å². The van der Waals surface area contributed by atoms with Gasteiger partial charge in [-0.25, -0.2) is 4.98 Å². The maximum Gasteiger partial charge on any atom is 0.254 e. The number of benzene rings is 2. The molecule has 4 aromatic rings. The van der Waals surface area contributed by atoms with E-state index in [4.69, 9.17) is 0 Å². The number of nitrogens with one attached hydrogen (secondary N) is 1. The lowest BCUT2D eigenvalue weighted by Crippen LogP contribution is -3.15. The van der Waals surface area contributed by atoms with Crippen molar-refractivity contribution in [3.8, 4) is 0 Å². The first kappa shape index (κ1) is 19.7. The van der Waals surface area contributed by atoms with Crippen molar-refractivity contribution in [1.29, 1.82) is 0 Å². The Bertz CT molecular complexity index is 1080. The van der Waals surface area contributed by atoms with E-state index in [-0.39, 0.29) is 0 Å². The highest BCUT2D eigenvalue weighted by Crippen LogP contribution is 2.21. The third-order valence-corrected chi connectivity index (χ3v) is 6.20. The summed E-state index contributed by atoms with van der Waals surface area (Å²) in [6.45, 7) is 6.28. The summed E-state index contributed by atoms with van der Waals surface area (Å²) in [5.41, 5.74) is 3.86. The molecule has 1 N–H and O–H groups in total. The summed E-state index contributed by atoms with van der Waals surface area (Å²) in [6.07, 6.45) is 3.64. The topological polar surface area (TPSA) is 50.8 Å². The van der Waals surface area contributed by atoms with E-state index in [1.807, 2.05) is 4.52 Å². The normalized spacial score (nSPS) is 15.1. The van der Waals surface area contributed by atoms with Gasteiger partial charge in [0.1, 0.15) is 18.2 Å². The van der Waals surface area contributed by atoms with Crippen LogP contribution in [0.1, 0.15) is 36.2 Å². The largest absolute Gasteiger partial charge is 0.345 e. The SMILES string of the molecule is CCCc1cc(N2CC[NH+](C(c3ccccc3)c3ccccc3)CC2)n2ncnc2n1. The Morgan fingerprint density at radius 1 is 0.935 bits per heavy atom. The van der Waals surface area contributed by atoms with Crippen LogP contribution in [0.2, 0.25) is 0 Å². The van der Waals surface area contributed by atoms with Gasteiger partial charge in [-0.15, -0.1) is 0 Å². The molecular formula is C25H29N6+. The summed E-state index contributed by atoms with van der Waals surface area (Å²) < 4.78 is 1.88. The molecule has 3 heterocycles. The summed E-state index contributed by atoms with van der Waals surface area (Å²) >= 11 is 0. The van der Waals surface area contributed by atoms with Gasteiger partial charge in [0, 0.05) is 22.9 Å². The fourth-order valence-corrected chi connectivity index (χ4v) is 4.72. The van der Waals surface area contributed by atoms with E-state index in [1.165, 1.54) is 11.1 Å². The van der Waals surface area contributed by atoms with Crippen LogP contribution in [0.5, 0.6) is 0 Å². The molecule has 6 nitrogen and oxygen atoms in total. The molecule has 0 saturated carbocycles. The second-order valence-corrected chi connectivity index (χ2v) is 8.23. The van der Waals surface area contributed by atoms with Crippen LogP contribution in [0, 0.1) is 0 Å². The predicted molar refractivity (Wildman–Crippen MR) is 122 cm³/mol. The number of hydrogen-bond acceptors (Lipinski definition) is 4. The minimum Gasteiger partial charge on any atom is -0.345 e. The Kier molecular flexibility index (Phi) is 5.63. The number of quaternary nitrogens is 1. The lowest BCUT2D eigenvalue weighted by atomic mass is 9.96. The van der Waals surface area contributed by atoms with Gasteiger partial charge in [-0.1, -0.05) is 74.0 Å². The number of aryl methyl sites for hydroxylation is 1. The van der Waals surface area contributed by atoms with Crippen LogP contribution >= 0.6 is 0 Å². The van der Waals surface area contributed by atoms with E-state index in [1.54, 1.807) is 11.2 Å². The molecule has 2 aromatic heterocycles. The van der Waals surface area contributed by atoms with Gasteiger partial charge in [0.2, 0.25) is 0 Å². The van der Waals surface area contributed by atoms with Crippen molar-refractivity contribution in [2.45, 2.75) is 25.8 Å². The Balaban J connectivity index is 1.40. The van der Waals surface area contributed by atoms with Gasteiger partial charge in [-0.2, -0.15) is 14.6 Å². The fraction of sp³-hybridized carbons (Fsp3) is 0.320. The molecular weight excluding hydrogens is 384 g/mol. The molecule has 1 aliphatic heterocycles. The lowest BCUT2D eigenvalue weighted by Gasteiger charge is -2.37. The van der Waals surface area contributed by atoms with Gasteiger partial charge in [0.05, 0.1) is 26.2 Å². The molecule has 0 aliphatic carbocycles. The summed E-state index contributed by atoms with van der Waals surface area (Å²) in [5.74, 6) is 1.81. The first-order chi connectivity index (χ1) is 15.3. The highest BCUT2D eigenvalue weighted by atomic mass is 15.4. The molecule has 6 heteroatoms. The number of aromatic nitrogens is 4. The molecule has 31 heavy (non-hydrogen) atoms. The molecule has 1 fully saturated rings. The third-order valence-electron chi connectivity index (χ3n) is 6.20. The van der Waals surface area contributed by atoms with Crippen molar-refractivity contribution in [1.82, 2.24) is 19.6 Å². The van der Waals surface area contributed by atoms with Crippen molar-refractivity contribution in [3.63, 3.8) is 0 Å². The van der Waals surface area contributed by atoms with E-state index in [0.717, 1.165) is 50.5 Å². The minimum atomic E-state index is 0.351. The molecule has 1 saturated heterocycles. The smallest absolute Gasteiger partial charge is 0.254 e. The van der Waals surface area contributed by atoms with Gasteiger partial charge in [-0.3, -0.25) is 0 Å². The maximum absolute atomic E-state index is 4.66. The Morgan fingerprint density at radius 3 is 2.19 bits per heavy atom. The number of piperazine rings is 1. The number of fused-ring (bicyclic) bond motifs is 1. The molecule has 1 aliphatic rings. The zero-order valence-electron chi connectivity index (χ0n) is 18.0. The Labute approximate surface area is 183 Å². The average molecular weight is 414 g/mol. The quantitative estimate of drug-likeness (QED) is 0.528. The van der Waals surface area contributed by atoms with E-state index in [0.29, 0.717) is 11.8 Å². The molecule has 0 amide bonds. The van der Waals surface area contributed by atoms with Crippen molar-refractivity contribution >= 4 is 11.6 Å². The minimum absolute atomic E-state index is 0.351. The summed E-state index contributed by atoms with van der Waals surface area (Å²) in [6, 6.07) is 24.4. The summed E-state index contributed by atoms with van der Waals surface area (Å²) in [5, 5.41) is 4.44. The summed E-state index contributed by atoms with van der Waals surface area (Å²) in [7, 11) is 0. The summed E-state index contributed by atoms with van der Waals surface area (Å²) in [4.78, 5) is 13.1. The van der Waals surface area contributed by atoms with Crippen molar-refractivity contribution < 1.29 is 4.90 Å². The van der Waals surface area contributed by atoms with Crippen molar-refractivity contribution in [2.75, 3.05) is 31.1 Å². The standard InChI is InChI=1S/C25H28N6/c1-2-9-22-18-23(31-25(28-22)26-19-27-31)29-14-16-30(17-15-29)24(20-10-5-3-6-11-20)21-12-7-4-8-13-21/h3-8,10-13,18-19,24H,2,9,14-17H2,1H3/p+1. The first-order valence-corrected chi connectivity index (χ1v) is 11.2. The molecule has 0 bridgehead atoms.